The van der Waals surface area contributed by atoms with Gasteiger partial charge in [0.1, 0.15) is 5.75 Å². The van der Waals surface area contributed by atoms with Gasteiger partial charge in [0.2, 0.25) is 0 Å². The molecule has 0 aliphatic carbocycles. The first-order valence-corrected chi connectivity index (χ1v) is 10.9. The summed E-state index contributed by atoms with van der Waals surface area (Å²) in [5.74, 6) is 2.62. The molecule has 3 heterocycles. The minimum Gasteiger partial charge on any atom is -0.497 e. The van der Waals surface area contributed by atoms with Gasteiger partial charge in [-0.3, -0.25) is 9.89 Å². The Hall–Kier alpha value is -1.26. The van der Waals surface area contributed by atoms with Crippen LogP contribution in [0.4, 0.5) is 5.69 Å². The largest absolute Gasteiger partial charge is 0.497 e. The second kappa shape index (κ2) is 11.4. The molecule has 3 fully saturated rings. The number of aliphatic imine (C=N–C) groups is 1. The molecule has 8 heteroatoms. The SMILES string of the molecule is CN=C(NCC1CCN(c2cccc(OC)c2)C1)N1CCC(N2CCOCC2)C1.I. The molecule has 30 heavy (non-hydrogen) atoms. The average molecular weight is 529 g/mol. The zero-order valence-corrected chi connectivity index (χ0v) is 20.6. The van der Waals surface area contributed by atoms with Crippen molar-refractivity contribution in [1.29, 1.82) is 0 Å². The number of guanidine groups is 1. The predicted octanol–water partition coefficient (Wildman–Crippen LogP) is 2.12. The van der Waals surface area contributed by atoms with Crippen molar-refractivity contribution in [3.63, 3.8) is 0 Å². The number of morpholine rings is 1. The van der Waals surface area contributed by atoms with Gasteiger partial charge < -0.3 is 24.6 Å². The molecule has 1 aromatic carbocycles. The Labute approximate surface area is 197 Å². The summed E-state index contributed by atoms with van der Waals surface area (Å²) < 4.78 is 10.9. The topological polar surface area (TPSA) is 52.6 Å². The van der Waals surface area contributed by atoms with E-state index in [0.717, 1.165) is 70.7 Å². The third-order valence-corrected chi connectivity index (χ3v) is 6.49. The normalized spacial score (nSPS) is 25.3. The number of halogens is 1. The van der Waals surface area contributed by atoms with Crippen molar-refractivity contribution < 1.29 is 9.47 Å². The van der Waals surface area contributed by atoms with Gasteiger partial charge in [-0.15, -0.1) is 24.0 Å². The van der Waals surface area contributed by atoms with Crippen LogP contribution in [0.15, 0.2) is 29.3 Å². The fourth-order valence-corrected chi connectivity index (χ4v) is 4.78. The van der Waals surface area contributed by atoms with E-state index < -0.39 is 0 Å². The third kappa shape index (κ3) is 5.70. The molecular formula is C22H36IN5O2. The summed E-state index contributed by atoms with van der Waals surface area (Å²) in [4.78, 5) is 12.0. The first-order chi connectivity index (χ1) is 14.3. The van der Waals surface area contributed by atoms with Crippen molar-refractivity contribution in [3.8, 4) is 5.75 Å². The van der Waals surface area contributed by atoms with E-state index >= 15 is 0 Å². The van der Waals surface area contributed by atoms with Crippen LogP contribution < -0.4 is 15.0 Å². The molecule has 0 aromatic heterocycles. The van der Waals surface area contributed by atoms with Crippen molar-refractivity contribution in [1.82, 2.24) is 15.1 Å². The van der Waals surface area contributed by atoms with Crippen molar-refractivity contribution in [3.05, 3.63) is 24.3 Å². The molecule has 7 nitrogen and oxygen atoms in total. The van der Waals surface area contributed by atoms with E-state index in [9.17, 15) is 0 Å². The Morgan fingerprint density at radius 1 is 1.17 bits per heavy atom. The van der Waals surface area contributed by atoms with Gasteiger partial charge in [0.15, 0.2) is 5.96 Å². The Morgan fingerprint density at radius 3 is 2.77 bits per heavy atom. The van der Waals surface area contributed by atoms with Crippen molar-refractivity contribution in [2.75, 3.05) is 78.1 Å². The van der Waals surface area contributed by atoms with Gasteiger partial charge in [-0.25, -0.2) is 0 Å². The van der Waals surface area contributed by atoms with E-state index in [1.54, 1.807) is 7.11 Å². The van der Waals surface area contributed by atoms with E-state index in [1.807, 2.05) is 13.1 Å². The summed E-state index contributed by atoms with van der Waals surface area (Å²) in [6.07, 6.45) is 2.42. The van der Waals surface area contributed by atoms with Gasteiger partial charge in [0.05, 0.1) is 20.3 Å². The second-order valence-corrected chi connectivity index (χ2v) is 8.27. The summed E-state index contributed by atoms with van der Waals surface area (Å²) in [6.45, 7) is 9.17. The van der Waals surface area contributed by atoms with Crippen LogP contribution >= 0.6 is 24.0 Å². The number of methoxy groups -OCH3 is 1. The first-order valence-electron chi connectivity index (χ1n) is 10.9. The lowest BCUT2D eigenvalue weighted by molar-refractivity contribution is 0.0195. The van der Waals surface area contributed by atoms with Gasteiger partial charge in [0.25, 0.3) is 0 Å². The second-order valence-electron chi connectivity index (χ2n) is 8.27. The number of rotatable bonds is 5. The van der Waals surface area contributed by atoms with E-state index in [0.29, 0.717) is 12.0 Å². The minimum absolute atomic E-state index is 0. The van der Waals surface area contributed by atoms with E-state index in [1.165, 1.54) is 18.5 Å². The highest BCUT2D eigenvalue weighted by molar-refractivity contribution is 14.0. The fourth-order valence-electron chi connectivity index (χ4n) is 4.78. The molecule has 2 unspecified atom stereocenters. The summed E-state index contributed by atoms with van der Waals surface area (Å²) in [6, 6.07) is 9.01. The van der Waals surface area contributed by atoms with Crippen LogP contribution in [0, 0.1) is 5.92 Å². The minimum atomic E-state index is 0. The molecule has 1 N–H and O–H groups in total. The van der Waals surface area contributed by atoms with Crippen LogP contribution in [0.5, 0.6) is 5.75 Å². The summed E-state index contributed by atoms with van der Waals surface area (Å²) >= 11 is 0. The molecule has 3 saturated heterocycles. The zero-order chi connectivity index (χ0) is 20.1. The van der Waals surface area contributed by atoms with Crippen LogP contribution in [0.1, 0.15) is 12.8 Å². The van der Waals surface area contributed by atoms with Gasteiger partial charge in [-0.05, 0) is 30.9 Å². The number of likely N-dealkylation sites (tertiary alicyclic amines) is 1. The Kier molecular flexibility index (Phi) is 8.88. The zero-order valence-electron chi connectivity index (χ0n) is 18.3. The molecule has 0 bridgehead atoms. The molecule has 0 radical (unpaired) electrons. The molecule has 4 rings (SSSR count). The highest BCUT2D eigenvalue weighted by Gasteiger charge is 2.31. The molecule has 3 aliphatic heterocycles. The standard InChI is InChI=1S/C22H35N5O2.HI/c1-23-22(27-9-7-20(17-27)25-10-12-29-13-11-25)24-15-18-6-8-26(16-18)19-4-3-5-21(14-19)28-2;/h3-5,14,18,20H,6-13,15-17H2,1-2H3,(H,23,24);1H. The third-order valence-electron chi connectivity index (χ3n) is 6.49. The van der Waals surface area contributed by atoms with Crippen LogP contribution in [0.2, 0.25) is 0 Å². The summed E-state index contributed by atoms with van der Waals surface area (Å²) in [7, 11) is 3.63. The van der Waals surface area contributed by atoms with Gasteiger partial charge in [-0.1, -0.05) is 6.07 Å². The lowest BCUT2D eigenvalue weighted by Crippen LogP contribution is -2.47. The number of hydrogen-bond acceptors (Lipinski definition) is 5. The summed E-state index contributed by atoms with van der Waals surface area (Å²) in [5.41, 5.74) is 1.25. The number of hydrogen-bond donors (Lipinski definition) is 1. The number of nitrogens with zero attached hydrogens (tertiary/aromatic N) is 4. The Bertz CT molecular complexity index is 698. The van der Waals surface area contributed by atoms with Crippen molar-refractivity contribution in [2.45, 2.75) is 18.9 Å². The van der Waals surface area contributed by atoms with Gasteiger partial charge >= 0.3 is 0 Å². The quantitative estimate of drug-likeness (QED) is 0.359. The predicted molar refractivity (Wildman–Crippen MR) is 132 cm³/mol. The Morgan fingerprint density at radius 2 is 2.00 bits per heavy atom. The van der Waals surface area contributed by atoms with E-state index in [2.05, 4.69) is 43.2 Å². The van der Waals surface area contributed by atoms with Gasteiger partial charge in [-0.2, -0.15) is 0 Å². The maximum atomic E-state index is 5.50. The highest BCUT2D eigenvalue weighted by Crippen LogP contribution is 2.26. The smallest absolute Gasteiger partial charge is 0.193 e. The molecule has 168 valence electrons. The number of anilines is 1. The molecular weight excluding hydrogens is 493 g/mol. The van der Waals surface area contributed by atoms with Crippen LogP contribution in [-0.2, 0) is 4.74 Å². The lowest BCUT2D eigenvalue weighted by atomic mass is 10.1. The van der Waals surface area contributed by atoms with E-state index in [-0.39, 0.29) is 24.0 Å². The lowest BCUT2D eigenvalue weighted by Gasteiger charge is -2.32. The molecule has 2 atom stereocenters. The maximum absolute atomic E-state index is 5.50. The highest BCUT2D eigenvalue weighted by atomic mass is 127. The fraction of sp³-hybridized carbons (Fsp3) is 0.682. The maximum Gasteiger partial charge on any atom is 0.193 e. The first kappa shape index (κ1) is 23.4. The van der Waals surface area contributed by atoms with Crippen LogP contribution in [-0.4, -0.2) is 95.0 Å². The van der Waals surface area contributed by atoms with Crippen molar-refractivity contribution >= 4 is 35.6 Å². The molecule has 3 aliphatic rings. The van der Waals surface area contributed by atoms with Crippen molar-refractivity contribution in [2.24, 2.45) is 10.9 Å². The van der Waals surface area contributed by atoms with E-state index in [4.69, 9.17) is 9.47 Å². The molecule has 1 aromatic rings. The van der Waals surface area contributed by atoms with Gasteiger partial charge in [0, 0.05) is 70.7 Å². The van der Waals surface area contributed by atoms with Crippen LogP contribution in [0.3, 0.4) is 0 Å². The Balaban J connectivity index is 0.00000256. The van der Waals surface area contributed by atoms with Crippen LogP contribution in [0.25, 0.3) is 0 Å². The molecule has 0 spiro atoms. The summed E-state index contributed by atoms with van der Waals surface area (Å²) in [5, 5.41) is 3.65. The monoisotopic (exact) mass is 529 g/mol. The number of nitrogens with one attached hydrogen (secondary N) is 1. The molecule has 0 amide bonds. The number of benzene rings is 1. The average Bonchev–Trinajstić information content (AvgIpc) is 3.45. The number of ether oxygens (including phenoxy) is 2. The molecule has 0 saturated carbocycles.